The van der Waals surface area contributed by atoms with E-state index in [1.807, 2.05) is 12.3 Å². The number of fused-ring (bicyclic) bond motifs is 1. The van der Waals surface area contributed by atoms with Gasteiger partial charge in [0.15, 0.2) is 5.65 Å². The second kappa shape index (κ2) is 7.38. The Labute approximate surface area is 133 Å². The summed E-state index contributed by atoms with van der Waals surface area (Å²) in [4.78, 5) is 11.4. The van der Waals surface area contributed by atoms with E-state index in [0.29, 0.717) is 5.88 Å². The van der Waals surface area contributed by atoms with Gasteiger partial charge in [-0.05, 0) is 48.1 Å². The zero-order valence-corrected chi connectivity index (χ0v) is 14.3. The van der Waals surface area contributed by atoms with Crippen molar-refractivity contribution in [3.8, 4) is 0 Å². The molecular weight excluding hydrogens is 340 g/mol. The summed E-state index contributed by atoms with van der Waals surface area (Å²) in [7, 11) is 0. The van der Waals surface area contributed by atoms with Crippen molar-refractivity contribution in [2.24, 2.45) is 0 Å². The minimum absolute atomic E-state index is 0.416. The van der Waals surface area contributed by atoms with Gasteiger partial charge < -0.3 is 9.47 Å². The number of halogens is 2. The Bertz CT molecular complexity index is 566. The Morgan fingerprint density at radius 3 is 2.75 bits per heavy atom. The maximum absolute atomic E-state index is 6.01. The summed E-state index contributed by atoms with van der Waals surface area (Å²) in [6.45, 7) is 8.57. The maximum Gasteiger partial charge on any atom is 0.160 e. The lowest BCUT2D eigenvalue weighted by Gasteiger charge is -2.18. The van der Waals surface area contributed by atoms with Crippen molar-refractivity contribution < 1.29 is 0 Å². The lowest BCUT2D eigenvalue weighted by Crippen LogP contribution is -2.25. The largest absolute Gasteiger partial charge is 0.312 e. The second-order valence-corrected chi connectivity index (χ2v) is 5.87. The predicted octanol–water partition coefficient (Wildman–Crippen LogP) is 3.66. The molecule has 0 atom stereocenters. The van der Waals surface area contributed by atoms with E-state index in [-0.39, 0.29) is 0 Å². The molecule has 20 heavy (non-hydrogen) atoms. The summed E-state index contributed by atoms with van der Waals surface area (Å²) in [5, 5.41) is 0. The van der Waals surface area contributed by atoms with Crippen LogP contribution >= 0.6 is 27.5 Å². The van der Waals surface area contributed by atoms with Gasteiger partial charge in [0.25, 0.3) is 0 Å². The molecule has 2 rings (SSSR count). The number of hydrogen-bond acceptors (Lipinski definition) is 3. The monoisotopic (exact) mass is 358 g/mol. The summed E-state index contributed by atoms with van der Waals surface area (Å²) < 4.78 is 3.08. The molecule has 2 heterocycles. The lowest BCUT2D eigenvalue weighted by molar-refractivity contribution is 0.293. The summed E-state index contributed by atoms with van der Waals surface area (Å²) >= 11 is 9.43. The molecule has 110 valence electrons. The van der Waals surface area contributed by atoms with Gasteiger partial charge in [-0.25, -0.2) is 9.97 Å². The van der Waals surface area contributed by atoms with Crippen molar-refractivity contribution >= 4 is 38.7 Å². The molecule has 0 aromatic carbocycles. The van der Waals surface area contributed by atoms with Crippen LogP contribution in [-0.2, 0) is 12.4 Å². The molecule has 0 bridgehead atoms. The highest BCUT2D eigenvalue weighted by Crippen LogP contribution is 2.19. The fourth-order valence-electron chi connectivity index (χ4n) is 2.36. The van der Waals surface area contributed by atoms with Gasteiger partial charge in [0.05, 0.1) is 5.88 Å². The third-order valence-corrected chi connectivity index (χ3v) is 4.17. The van der Waals surface area contributed by atoms with E-state index >= 15 is 0 Å². The highest BCUT2D eigenvalue weighted by molar-refractivity contribution is 9.10. The van der Waals surface area contributed by atoms with Crippen molar-refractivity contribution in [3.63, 3.8) is 0 Å². The quantitative estimate of drug-likeness (QED) is 0.707. The molecule has 0 spiro atoms. The minimum Gasteiger partial charge on any atom is -0.312 e. The molecule has 0 saturated heterocycles. The number of pyridine rings is 1. The molecule has 0 amide bonds. The molecular formula is C14H20BrClN4. The van der Waals surface area contributed by atoms with E-state index in [4.69, 9.17) is 11.6 Å². The highest BCUT2D eigenvalue weighted by atomic mass is 79.9. The Morgan fingerprint density at radius 2 is 2.10 bits per heavy atom. The van der Waals surface area contributed by atoms with Crippen LogP contribution in [0.5, 0.6) is 0 Å². The molecule has 2 aromatic heterocycles. The first kappa shape index (κ1) is 15.7. The first-order valence-corrected chi connectivity index (χ1v) is 8.31. The Hall–Kier alpha value is -0.650. The molecule has 4 nitrogen and oxygen atoms in total. The van der Waals surface area contributed by atoms with Gasteiger partial charge in [-0.2, -0.15) is 0 Å². The molecule has 0 radical (unpaired) electrons. The van der Waals surface area contributed by atoms with Crippen LogP contribution in [0.3, 0.4) is 0 Å². The van der Waals surface area contributed by atoms with E-state index < -0.39 is 0 Å². The molecule has 0 aliphatic heterocycles. The number of alkyl halides is 1. The van der Waals surface area contributed by atoms with Gasteiger partial charge in [0, 0.05) is 17.2 Å². The van der Waals surface area contributed by atoms with Crippen LogP contribution in [0, 0.1) is 0 Å². The van der Waals surface area contributed by atoms with E-state index in [2.05, 4.69) is 49.2 Å². The first-order valence-electron chi connectivity index (χ1n) is 6.98. The van der Waals surface area contributed by atoms with Crippen LogP contribution < -0.4 is 0 Å². The minimum atomic E-state index is 0.416. The summed E-state index contributed by atoms with van der Waals surface area (Å²) in [6, 6.07) is 1.99. The number of aryl methyl sites for hydroxylation is 1. The van der Waals surface area contributed by atoms with Crippen LogP contribution in [0.15, 0.2) is 16.7 Å². The van der Waals surface area contributed by atoms with E-state index in [1.54, 1.807) is 0 Å². The normalized spacial score (nSPS) is 11.7. The van der Waals surface area contributed by atoms with E-state index in [0.717, 1.165) is 54.1 Å². The number of imidazole rings is 1. The predicted molar refractivity (Wildman–Crippen MR) is 87.2 cm³/mol. The second-order valence-electron chi connectivity index (χ2n) is 4.69. The fraction of sp³-hybridized carbons (Fsp3) is 0.571. The zero-order valence-electron chi connectivity index (χ0n) is 11.9. The molecule has 2 aromatic rings. The van der Waals surface area contributed by atoms with E-state index in [9.17, 15) is 0 Å². The van der Waals surface area contributed by atoms with Gasteiger partial charge in [-0.15, -0.1) is 11.6 Å². The number of nitrogens with zero attached hydrogens (tertiary/aromatic N) is 4. The molecule has 0 aliphatic carbocycles. The van der Waals surface area contributed by atoms with Crippen LogP contribution in [-0.4, -0.2) is 39.1 Å². The van der Waals surface area contributed by atoms with Crippen molar-refractivity contribution in [3.05, 3.63) is 22.6 Å². The lowest BCUT2D eigenvalue weighted by atomic mass is 10.3. The third kappa shape index (κ3) is 3.51. The molecule has 0 fully saturated rings. The molecule has 0 N–H and O–H groups in total. The Kier molecular flexibility index (Phi) is 5.81. The summed E-state index contributed by atoms with van der Waals surface area (Å²) in [5.41, 5.74) is 1.82. The molecule has 6 heteroatoms. The highest BCUT2D eigenvalue weighted by Gasteiger charge is 2.11. The van der Waals surface area contributed by atoms with Crippen LogP contribution in [0.1, 0.15) is 26.1 Å². The SMILES string of the molecule is CCN(CC)CCCn1c(CCl)nc2cc(Br)cnc21. The Morgan fingerprint density at radius 1 is 1.35 bits per heavy atom. The topological polar surface area (TPSA) is 34.0 Å². The average molecular weight is 360 g/mol. The van der Waals surface area contributed by atoms with Crippen LogP contribution in [0.25, 0.3) is 11.2 Å². The van der Waals surface area contributed by atoms with Crippen molar-refractivity contribution in [1.82, 2.24) is 19.4 Å². The van der Waals surface area contributed by atoms with Crippen LogP contribution in [0.4, 0.5) is 0 Å². The van der Waals surface area contributed by atoms with Gasteiger partial charge in [0.2, 0.25) is 0 Å². The summed E-state index contributed by atoms with van der Waals surface area (Å²) in [6.07, 6.45) is 2.89. The van der Waals surface area contributed by atoms with Gasteiger partial charge in [-0.1, -0.05) is 13.8 Å². The Balaban J connectivity index is 2.15. The smallest absolute Gasteiger partial charge is 0.160 e. The van der Waals surface area contributed by atoms with Gasteiger partial charge >= 0.3 is 0 Å². The maximum atomic E-state index is 6.01. The average Bonchev–Trinajstić information content (AvgIpc) is 2.80. The summed E-state index contributed by atoms with van der Waals surface area (Å²) in [5.74, 6) is 1.31. The molecule has 0 saturated carbocycles. The van der Waals surface area contributed by atoms with Crippen molar-refractivity contribution in [2.45, 2.75) is 32.7 Å². The van der Waals surface area contributed by atoms with E-state index in [1.165, 1.54) is 0 Å². The van der Waals surface area contributed by atoms with Crippen LogP contribution in [0.2, 0.25) is 0 Å². The molecule has 0 aliphatic rings. The van der Waals surface area contributed by atoms with Gasteiger partial charge in [-0.3, -0.25) is 0 Å². The fourth-order valence-corrected chi connectivity index (χ4v) is 2.89. The standard InChI is InChI=1S/C14H20BrClN4/c1-3-19(4-2)6-5-7-20-13(9-16)18-12-8-11(15)10-17-14(12)20/h8,10H,3-7,9H2,1-2H3. The number of hydrogen-bond donors (Lipinski definition) is 0. The van der Waals surface area contributed by atoms with Gasteiger partial charge in [0.1, 0.15) is 11.3 Å². The van der Waals surface area contributed by atoms with Crippen molar-refractivity contribution in [2.75, 3.05) is 19.6 Å². The third-order valence-electron chi connectivity index (χ3n) is 3.50. The zero-order chi connectivity index (χ0) is 14.5. The number of aromatic nitrogens is 3. The van der Waals surface area contributed by atoms with Crippen molar-refractivity contribution in [1.29, 1.82) is 0 Å². The number of rotatable bonds is 7. The molecule has 0 unspecified atom stereocenters. The first-order chi connectivity index (χ1) is 9.69.